The van der Waals surface area contributed by atoms with Gasteiger partial charge in [-0.05, 0) is 70.2 Å². The normalized spacial score (nSPS) is 14.9. The number of carbonyl (C=O) groups excluding carboxylic acids is 1. The monoisotopic (exact) mass is 415 g/mol. The number of hydrogen-bond donors (Lipinski definition) is 2. The number of hydrogen-bond acceptors (Lipinski definition) is 6. The van der Waals surface area contributed by atoms with E-state index in [0.29, 0.717) is 24.1 Å². The summed E-state index contributed by atoms with van der Waals surface area (Å²) in [5.74, 6) is 7.51. The average molecular weight is 416 g/mol. The zero-order chi connectivity index (χ0) is 20.6. The van der Waals surface area contributed by atoms with Crippen molar-refractivity contribution in [3.63, 3.8) is 0 Å². The standard InChI is InChI=1S/C21H29N5O2S/c1-3-28-18-11-9-17(10-12-18)19-24-25-21(26(19)22)29-15(2)20(27)23-14-13-16-7-5-4-6-8-16/h7,9-12,15H,3-6,8,13-14,22H2,1-2H3,(H,23,27). The zero-order valence-corrected chi connectivity index (χ0v) is 17.9. The number of nitrogens with two attached hydrogens (primary N) is 1. The van der Waals surface area contributed by atoms with Crippen molar-refractivity contribution < 1.29 is 9.53 Å². The summed E-state index contributed by atoms with van der Waals surface area (Å²) >= 11 is 1.30. The van der Waals surface area contributed by atoms with Crippen molar-refractivity contribution in [3.8, 4) is 17.1 Å². The van der Waals surface area contributed by atoms with E-state index in [1.807, 2.05) is 38.1 Å². The first kappa shape index (κ1) is 21.2. The number of nitrogens with zero attached hydrogens (tertiary/aromatic N) is 3. The van der Waals surface area contributed by atoms with Crippen molar-refractivity contribution in [2.24, 2.45) is 0 Å². The molecule has 1 aromatic heterocycles. The Morgan fingerprint density at radius 2 is 2.10 bits per heavy atom. The van der Waals surface area contributed by atoms with Crippen LogP contribution in [0.1, 0.15) is 46.0 Å². The second kappa shape index (κ2) is 10.3. The van der Waals surface area contributed by atoms with Crippen molar-refractivity contribution in [1.29, 1.82) is 0 Å². The van der Waals surface area contributed by atoms with Gasteiger partial charge in [0, 0.05) is 12.1 Å². The van der Waals surface area contributed by atoms with E-state index in [0.717, 1.165) is 24.2 Å². The first-order valence-electron chi connectivity index (χ1n) is 10.1. The van der Waals surface area contributed by atoms with Crippen LogP contribution in [0, 0.1) is 0 Å². The lowest BCUT2D eigenvalue weighted by Crippen LogP contribution is -2.32. The fourth-order valence-corrected chi connectivity index (χ4v) is 4.05. The molecule has 1 aliphatic carbocycles. The van der Waals surface area contributed by atoms with Crippen LogP contribution >= 0.6 is 11.8 Å². The van der Waals surface area contributed by atoms with E-state index in [-0.39, 0.29) is 11.2 Å². The van der Waals surface area contributed by atoms with Gasteiger partial charge >= 0.3 is 0 Å². The molecule has 29 heavy (non-hydrogen) atoms. The zero-order valence-electron chi connectivity index (χ0n) is 17.1. The van der Waals surface area contributed by atoms with E-state index in [2.05, 4.69) is 21.6 Å². The summed E-state index contributed by atoms with van der Waals surface area (Å²) in [5.41, 5.74) is 2.30. The van der Waals surface area contributed by atoms with Crippen LogP contribution < -0.4 is 15.9 Å². The Hall–Kier alpha value is -2.48. The van der Waals surface area contributed by atoms with Crippen molar-refractivity contribution in [3.05, 3.63) is 35.9 Å². The highest BCUT2D eigenvalue weighted by Gasteiger charge is 2.20. The summed E-state index contributed by atoms with van der Waals surface area (Å²) in [6.45, 7) is 5.08. The summed E-state index contributed by atoms with van der Waals surface area (Å²) < 4.78 is 6.88. The molecule has 0 aliphatic heterocycles. The number of nitrogen functional groups attached to an aromatic ring is 1. The number of nitrogens with one attached hydrogen (secondary N) is 1. The molecule has 0 bridgehead atoms. The molecule has 0 spiro atoms. The van der Waals surface area contributed by atoms with Gasteiger partial charge in [0.1, 0.15) is 5.75 Å². The third-order valence-corrected chi connectivity index (χ3v) is 5.93. The summed E-state index contributed by atoms with van der Waals surface area (Å²) in [6, 6.07) is 7.53. The predicted octanol–water partition coefficient (Wildman–Crippen LogP) is 3.54. The highest BCUT2D eigenvalue weighted by molar-refractivity contribution is 8.00. The largest absolute Gasteiger partial charge is 0.494 e. The Morgan fingerprint density at radius 3 is 2.79 bits per heavy atom. The van der Waals surface area contributed by atoms with Crippen molar-refractivity contribution >= 4 is 17.7 Å². The van der Waals surface area contributed by atoms with Crippen LogP contribution in [0.3, 0.4) is 0 Å². The lowest BCUT2D eigenvalue weighted by molar-refractivity contribution is -0.120. The molecule has 1 heterocycles. The smallest absolute Gasteiger partial charge is 0.233 e. The van der Waals surface area contributed by atoms with Crippen molar-refractivity contribution in [1.82, 2.24) is 20.2 Å². The number of ether oxygens (including phenoxy) is 1. The number of thioether (sulfide) groups is 1. The van der Waals surface area contributed by atoms with Gasteiger partial charge in [-0.3, -0.25) is 4.79 Å². The van der Waals surface area contributed by atoms with Gasteiger partial charge < -0.3 is 15.9 Å². The second-order valence-corrected chi connectivity index (χ2v) is 8.35. The third kappa shape index (κ3) is 5.76. The van der Waals surface area contributed by atoms with Gasteiger partial charge in [0.05, 0.1) is 11.9 Å². The first-order valence-corrected chi connectivity index (χ1v) is 11.0. The summed E-state index contributed by atoms with van der Waals surface area (Å²) in [5, 5.41) is 11.6. The van der Waals surface area contributed by atoms with Gasteiger partial charge in [-0.1, -0.05) is 23.4 Å². The molecule has 0 saturated heterocycles. The molecule has 1 amide bonds. The van der Waals surface area contributed by atoms with E-state index >= 15 is 0 Å². The number of amides is 1. The molecule has 0 saturated carbocycles. The molecule has 3 N–H and O–H groups in total. The maximum atomic E-state index is 12.4. The maximum absolute atomic E-state index is 12.4. The van der Waals surface area contributed by atoms with E-state index in [9.17, 15) is 4.79 Å². The molecule has 1 aliphatic rings. The van der Waals surface area contributed by atoms with Crippen LogP contribution in [0.25, 0.3) is 11.4 Å². The van der Waals surface area contributed by atoms with E-state index < -0.39 is 0 Å². The Kier molecular flexibility index (Phi) is 7.57. The van der Waals surface area contributed by atoms with E-state index in [1.165, 1.54) is 41.3 Å². The van der Waals surface area contributed by atoms with Gasteiger partial charge in [0.15, 0.2) is 5.82 Å². The molecule has 1 aromatic carbocycles. The fraction of sp³-hybridized carbons (Fsp3) is 0.476. The minimum Gasteiger partial charge on any atom is -0.494 e. The van der Waals surface area contributed by atoms with E-state index in [4.69, 9.17) is 10.6 Å². The first-order chi connectivity index (χ1) is 14.1. The molecule has 8 heteroatoms. The summed E-state index contributed by atoms with van der Waals surface area (Å²) in [6.07, 6.45) is 8.10. The van der Waals surface area contributed by atoms with Crippen LogP contribution in [0.5, 0.6) is 5.75 Å². The molecule has 3 rings (SSSR count). The molecule has 0 radical (unpaired) electrons. The number of allylic oxidation sites excluding steroid dienone is 1. The molecule has 1 unspecified atom stereocenters. The minimum absolute atomic E-state index is 0.0166. The minimum atomic E-state index is -0.310. The third-order valence-electron chi connectivity index (χ3n) is 4.87. The second-order valence-electron chi connectivity index (χ2n) is 7.04. The maximum Gasteiger partial charge on any atom is 0.233 e. The van der Waals surface area contributed by atoms with Gasteiger partial charge in [-0.15, -0.1) is 10.2 Å². The van der Waals surface area contributed by atoms with Crippen LogP contribution in [-0.4, -0.2) is 39.2 Å². The Balaban J connectivity index is 1.54. The molecule has 156 valence electrons. The SMILES string of the molecule is CCOc1ccc(-c2nnc(SC(C)C(=O)NCCC3=CCCCC3)n2N)cc1. The van der Waals surface area contributed by atoms with Gasteiger partial charge in [-0.2, -0.15) is 0 Å². The van der Waals surface area contributed by atoms with Gasteiger partial charge in [0.2, 0.25) is 11.1 Å². The predicted molar refractivity (Wildman–Crippen MR) is 116 cm³/mol. The average Bonchev–Trinajstić information content (AvgIpc) is 3.09. The van der Waals surface area contributed by atoms with Crippen molar-refractivity contribution in [2.45, 2.75) is 56.4 Å². The molecular formula is C21H29N5O2S. The Bertz CT molecular complexity index is 847. The lowest BCUT2D eigenvalue weighted by Gasteiger charge is -2.14. The lowest BCUT2D eigenvalue weighted by atomic mass is 9.97. The van der Waals surface area contributed by atoms with Crippen LogP contribution in [0.15, 0.2) is 41.1 Å². The van der Waals surface area contributed by atoms with Crippen LogP contribution in [0.2, 0.25) is 0 Å². The van der Waals surface area contributed by atoms with Crippen molar-refractivity contribution in [2.75, 3.05) is 19.0 Å². The van der Waals surface area contributed by atoms with Gasteiger partial charge in [-0.25, -0.2) is 4.68 Å². The van der Waals surface area contributed by atoms with Gasteiger partial charge in [0.25, 0.3) is 0 Å². The quantitative estimate of drug-likeness (QED) is 0.369. The summed E-state index contributed by atoms with van der Waals surface area (Å²) in [4.78, 5) is 12.4. The molecule has 2 aromatic rings. The fourth-order valence-electron chi connectivity index (χ4n) is 3.25. The Morgan fingerprint density at radius 1 is 1.31 bits per heavy atom. The number of benzene rings is 1. The molecule has 7 nitrogen and oxygen atoms in total. The Labute approximate surface area is 176 Å². The highest BCUT2D eigenvalue weighted by atomic mass is 32.2. The molecular weight excluding hydrogens is 386 g/mol. The molecule has 1 atom stereocenters. The number of aromatic nitrogens is 3. The number of carbonyl (C=O) groups is 1. The van der Waals surface area contributed by atoms with E-state index in [1.54, 1.807) is 0 Å². The van der Waals surface area contributed by atoms with Crippen LogP contribution in [0.4, 0.5) is 0 Å². The molecule has 0 fully saturated rings. The highest BCUT2D eigenvalue weighted by Crippen LogP contribution is 2.26. The summed E-state index contributed by atoms with van der Waals surface area (Å²) in [7, 11) is 0. The topological polar surface area (TPSA) is 95.1 Å². The number of rotatable bonds is 9. The van der Waals surface area contributed by atoms with Crippen LogP contribution in [-0.2, 0) is 4.79 Å².